The van der Waals surface area contributed by atoms with E-state index in [0.29, 0.717) is 34.4 Å². The molecule has 1 aromatic heterocycles. The van der Waals surface area contributed by atoms with E-state index in [1.54, 1.807) is 24.3 Å². The second kappa shape index (κ2) is 6.25. The van der Waals surface area contributed by atoms with Crippen LogP contribution in [0.15, 0.2) is 36.5 Å². The maximum atomic E-state index is 12.1. The van der Waals surface area contributed by atoms with Crippen LogP contribution in [-0.4, -0.2) is 17.5 Å². The Kier molecular flexibility index (Phi) is 4.42. The Morgan fingerprint density at radius 1 is 1.40 bits per heavy atom. The van der Waals surface area contributed by atoms with Crippen LogP contribution in [0.5, 0.6) is 5.88 Å². The second-order valence-electron chi connectivity index (χ2n) is 4.01. The molecular weight excluding hydrogens is 278 g/mol. The van der Waals surface area contributed by atoms with Gasteiger partial charge in [0.2, 0.25) is 5.88 Å². The van der Waals surface area contributed by atoms with Crippen LogP contribution < -0.4 is 15.8 Å². The molecule has 0 atom stereocenters. The Morgan fingerprint density at radius 2 is 2.20 bits per heavy atom. The minimum Gasteiger partial charge on any atom is -0.478 e. The summed E-state index contributed by atoms with van der Waals surface area (Å²) >= 11 is 5.97. The molecule has 1 heterocycles. The maximum absolute atomic E-state index is 12.1. The van der Waals surface area contributed by atoms with Crippen molar-refractivity contribution >= 4 is 28.9 Å². The predicted octanol–water partition coefficient (Wildman–Crippen LogP) is 2.97. The lowest BCUT2D eigenvalue weighted by Gasteiger charge is -2.08. The van der Waals surface area contributed by atoms with Crippen LogP contribution in [0.1, 0.15) is 17.3 Å². The monoisotopic (exact) mass is 291 g/mol. The summed E-state index contributed by atoms with van der Waals surface area (Å²) in [6.07, 6.45) is 1.52. The molecule has 1 amide bonds. The first kappa shape index (κ1) is 14.1. The van der Waals surface area contributed by atoms with Crippen molar-refractivity contribution in [2.24, 2.45) is 0 Å². The summed E-state index contributed by atoms with van der Waals surface area (Å²) in [6, 6.07) is 8.13. The summed E-state index contributed by atoms with van der Waals surface area (Å²) in [5.41, 5.74) is 6.99. The standard InChI is InChI=1S/C14H14ClN3O2/c1-2-20-13-6-4-10(8-17-13)18-14(19)11-7-9(16)3-5-12(11)15/h3-8H,2,16H2,1H3,(H,18,19). The van der Waals surface area contributed by atoms with E-state index in [2.05, 4.69) is 10.3 Å². The van der Waals surface area contributed by atoms with Crippen LogP contribution >= 0.6 is 11.6 Å². The van der Waals surface area contributed by atoms with Gasteiger partial charge in [-0.1, -0.05) is 11.6 Å². The number of hydrogen-bond donors (Lipinski definition) is 2. The van der Waals surface area contributed by atoms with Gasteiger partial charge < -0.3 is 15.8 Å². The number of carbonyl (C=O) groups excluding carboxylic acids is 1. The van der Waals surface area contributed by atoms with Gasteiger partial charge in [0.05, 0.1) is 29.1 Å². The number of halogens is 1. The van der Waals surface area contributed by atoms with Gasteiger partial charge in [0.15, 0.2) is 0 Å². The molecule has 20 heavy (non-hydrogen) atoms. The molecule has 2 rings (SSSR count). The van der Waals surface area contributed by atoms with Crippen LogP contribution in [0, 0.1) is 0 Å². The van der Waals surface area contributed by atoms with Gasteiger partial charge in [-0.25, -0.2) is 4.98 Å². The molecule has 1 aromatic carbocycles. The van der Waals surface area contributed by atoms with E-state index >= 15 is 0 Å². The molecule has 0 spiro atoms. The number of nitrogens with one attached hydrogen (secondary N) is 1. The van der Waals surface area contributed by atoms with E-state index in [-0.39, 0.29) is 5.91 Å². The van der Waals surface area contributed by atoms with Crippen molar-refractivity contribution in [2.75, 3.05) is 17.7 Å². The van der Waals surface area contributed by atoms with Crippen molar-refractivity contribution in [3.63, 3.8) is 0 Å². The van der Waals surface area contributed by atoms with Crippen molar-refractivity contribution < 1.29 is 9.53 Å². The summed E-state index contributed by atoms with van der Waals surface area (Å²) in [5.74, 6) is 0.167. The summed E-state index contributed by atoms with van der Waals surface area (Å²) in [7, 11) is 0. The highest BCUT2D eigenvalue weighted by molar-refractivity contribution is 6.34. The van der Waals surface area contributed by atoms with Gasteiger partial charge in [-0.3, -0.25) is 4.79 Å². The number of anilines is 2. The normalized spacial score (nSPS) is 10.1. The largest absolute Gasteiger partial charge is 0.478 e. The summed E-state index contributed by atoms with van der Waals surface area (Å²) in [6.45, 7) is 2.41. The van der Waals surface area contributed by atoms with E-state index < -0.39 is 0 Å². The molecule has 0 aliphatic carbocycles. The molecule has 0 aliphatic heterocycles. The van der Waals surface area contributed by atoms with Gasteiger partial charge in [-0.05, 0) is 31.2 Å². The molecule has 2 aromatic rings. The van der Waals surface area contributed by atoms with Crippen LogP contribution in [0.25, 0.3) is 0 Å². The highest BCUT2D eigenvalue weighted by Gasteiger charge is 2.11. The van der Waals surface area contributed by atoms with E-state index in [1.165, 1.54) is 12.3 Å². The fraction of sp³-hybridized carbons (Fsp3) is 0.143. The van der Waals surface area contributed by atoms with E-state index in [4.69, 9.17) is 22.1 Å². The van der Waals surface area contributed by atoms with Crippen LogP contribution in [-0.2, 0) is 0 Å². The lowest BCUT2D eigenvalue weighted by molar-refractivity contribution is 0.102. The Morgan fingerprint density at radius 3 is 2.85 bits per heavy atom. The SMILES string of the molecule is CCOc1ccc(NC(=O)c2cc(N)ccc2Cl)cn1. The molecule has 6 heteroatoms. The van der Waals surface area contributed by atoms with Gasteiger partial charge in [-0.2, -0.15) is 0 Å². The van der Waals surface area contributed by atoms with Crippen LogP contribution in [0.3, 0.4) is 0 Å². The van der Waals surface area contributed by atoms with Crippen molar-refractivity contribution in [2.45, 2.75) is 6.92 Å². The number of amides is 1. The quantitative estimate of drug-likeness (QED) is 0.849. The zero-order chi connectivity index (χ0) is 14.5. The molecule has 0 aliphatic rings. The predicted molar refractivity (Wildman–Crippen MR) is 79.2 cm³/mol. The van der Waals surface area contributed by atoms with Crippen molar-refractivity contribution in [1.82, 2.24) is 4.98 Å². The highest BCUT2D eigenvalue weighted by atomic mass is 35.5. The number of nitrogen functional groups attached to an aromatic ring is 1. The van der Waals surface area contributed by atoms with Gasteiger partial charge in [0, 0.05) is 11.8 Å². The minimum absolute atomic E-state index is 0.320. The zero-order valence-corrected chi connectivity index (χ0v) is 11.6. The first-order valence-electron chi connectivity index (χ1n) is 6.05. The fourth-order valence-corrected chi connectivity index (χ4v) is 1.81. The third-order valence-corrected chi connectivity index (χ3v) is 2.85. The molecule has 104 valence electrons. The number of ether oxygens (including phenoxy) is 1. The Bertz CT molecular complexity index is 614. The van der Waals surface area contributed by atoms with Gasteiger partial charge in [0.1, 0.15) is 0 Å². The topological polar surface area (TPSA) is 77.2 Å². The van der Waals surface area contributed by atoms with Crippen molar-refractivity contribution in [1.29, 1.82) is 0 Å². The van der Waals surface area contributed by atoms with Crippen molar-refractivity contribution in [3.05, 3.63) is 47.1 Å². The Balaban J connectivity index is 2.13. The minimum atomic E-state index is -0.340. The number of nitrogens with zero attached hydrogens (tertiary/aromatic N) is 1. The molecule has 0 radical (unpaired) electrons. The Hall–Kier alpha value is -2.27. The van der Waals surface area contributed by atoms with Gasteiger partial charge >= 0.3 is 0 Å². The maximum Gasteiger partial charge on any atom is 0.257 e. The first-order valence-corrected chi connectivity index (χ1v) is 6.43. The molecule has 0 unspecified atom stereocenters. The van der Waals surface area contributed by atoms with E-state index in [0.717, 1.165) is 0 Å². The lowest BCUT2D eigenvalue weighted by atomic mass is 10.2. The molecule has 5 nitrogen and oxygen atoms in total. The summed E-state index contributed by atoms with van der Waals surface area (Å²) in [4.78, 5) is 16.1. The van der Waals surface area contributed by atoms with Crippen molar-refractivity contribution in [3.8, 4) is 5.88 Å². The number of aromatic nitrogens is 1. The molecular formula is C14H14ClN3O2. The highest BCUT2D eigenvalue weighted by Crippen LogP contribution is 2.20. The molecule has 0 fully saturated rings. The molecule has 3 N–H and O–H groups in total. The summed E-state index contributed by atoms with van der Waals surface area (Å²) in [5, 5.41) is 3.04. The number of rotatable bonds is 4. The third kappa shape index (κ3) is 3.39. The smallest absolute Gasteiger partial charge is 0.257 e. The number of benzene rings is 1. The number of carbonyl (C=O) groups is 1. The van der Waals surface area contributed by atoms with E-state index in [9.17, 15) is 4.79 Å². The number of nitrogens with two attached hydrogens (primary N) is 1. The zero-order valence-electron chi connectivity index (χ0n) is 10.9. The number of pyridine rings is 1. The average Bonchev–Trinajstić information content (AvgIpc) is 2.44. The lowest BCUT2D eigenvalue weighted by Crippen LogP contribution is -2.13. The third-order valence-electron chi connectivity index (χ3n) is 2.52. The van der Waals surface area contributed by atoms with Crippen LogP contribution in [0.2, 0.25) is 5.02 Å². The summed E-state index contributed by atoms with van der Waals surface area (Å²) < 4.78 is 5.22. The molecule has 0 saturated heterocycles. The van der Waals surface area contributed by atoms with Crippen LogP contribution in [0.4, 0.5) is 11.4 Å². The van der Waals surface area contributed by atoms with E-state index in [1.807, 2.05) is 6.92 Å². The number of hydrogen-bond acceptors (Lipinski definition) is 4. The first-order chi connectivity index (χ1) is 9.60. The fourth-order valence-electron chi connectivity index (χ4n) is 1.60. The average molecular weight is 292 g/mol. The van der Waals surface area contributed by atoms with Gasteiger partial charge in [0.25, 0.3) is 5.91 Å². The molecule has 0 saturated carbocycles. The molecule has 0 bridgehead atoms. The Labute approximate surface area is 121 Å². The second-order valence-corrected chi connectivity index (χ2v) is 4.42. The van der Waals surface area contributed by atoms with Gasteiger partial charge in [-0.15, -0.1) is 0 Å².